The lowest BCUT2D eigenvalue weighted by molar-refractivity contribution is 0.436. The van der Waals surface area contributed by atoms with Gasteiger partial charge in [-0.1, -0.05) is 11.2 Å². The molecule has 0 radical (unpaired) electrons. The van der Waals surface area contributed by atoms with E-state index in [-0.39, 0.29) is 6.01 Å². The molecule has 0 saturated heterocycles. The van der Waals surface area contributed by atoms with E-state index in [2.05, 4.69) is 19.6 Å². The second-order valence-electron chi connectivity index (χ2n) is 3.13. The number of nitrogen functional groups attached to an aromatic ring is 1. The van der Waals surface area contributed by atoms with Crippen LogP contribution in [0, 0.1) is 13.8 Å². The minimum Gasteiger partial charge on any atom is -0.351 e. The highest BCUT2D eigenvalue weighted by atomic mass is 16.5. The van der Waals surface area contributed by atoms with Gasteiger partial charge in [-0.2, -0.15) is 4.98 Å². The summed E-state index contributed by atoms with van der Waals surface area (Å²) in [4.78, 5) is 8.13. The Morgan fingerprint density at radius 1 is 1.36 bits per heavy atom. The Kier molecular flexibility index (Phi) is 1.92. The molecule has 2 aromatic rings. The van der Waals surface area contributed by atoms with E-state index < -0.39 is 0 Å². The topological polar surface area (TPSA) is 77.8 Å². The molecule has 0 aromatic carbocycles. The van der Waals surface area contributed by atoms with E-state index in [0.29, 0.717) is 11.5 Å². The first-order valence-corrected chi connectivity index (χ1v) is 4.19. The summed E-state index contributed by atoms with van der Waals surface area (Å²) >= 11 is 0. The van der Waals surface area contributed by atoms with Gasteiger partial charge in [-0.25, -0.2) is 0 Å². The summed E-state index contributed by atoms with van der Waals surface area (Å²) in [7, 11) is 0. The van der Waals surface area contributed by atoms with Crippen LogP contribution in [0.4, 0.5) is 6.01 Å². The number of aromatic nitrogens is 3. The molecule has 72 valence electrons. The van der Waals surface area contributed by atoms with E-state index in [1.807, 2.05) is 19.9 Å². The van der Waals surface area contributed by atoms with Crippen molar-refractivity contribution < 1.29 is 4.52 Å². The number of nitrogens with zero attached hydrogens (tertiary/aromatic N) is 3. The minimum absolute atomic E-state index is 0.0572. The number of rotatable bonds is 1. The van der Waals surface area contributed by atoms with E-state index in [1.165, 1.54) is 0 Å². The Morgan fingerprint density at radius 3 is 2.71 bits per heavy atom. The Labute approximate surface area is 81.0 Å². The number of pyridine rings is 1. The number of nitrogens with two attached hydrogens (primary N) is 1. The first kappa shape index (κ1) is 8.68. The van der Waals surface area contributed by atoms with Crippen LogP contribution in [0.2, 0.25) is 0 Å². The molecule has 2 N–H and O–H groups in total. The monoisotopic (exact) mass is 190 g/mol. The molecule has 0 fully saturated rings. The fraction of sp³-hybridized carbons (Fsp3) is 0.222. The van der Waals surface area contributed by atoms with Gasteiger partial charge < -0.3 is 10.3 Å². The second-order valence-corrected chi connectivity index (χ2v) is 3.13. The van der Waals surface area contributed by atoms with Crippen molar-refractivity contribution in [3.8, 4) is 11.5 Å². The van der Waals surface area contributed by atoms with Crippen molar-refractivity contribution in [1.82, 2.24) is 15.1 Å². The van der Waals surface area contributed by atoms with Crippen molar-refractivity contribution in [2.24, 2.45) is 0 Å². The van der Waals surface area contributed by atoms with E-state index in [0.717, 1.165) is 11.1 Å². The lowest BCUT2D eigenvalue weighted by Gasteiger charge is -1.99. The molecule has 5 nitrogen and oxygen atoms in total. The highest BCUT2D eigenvalue weighted by Gasteiger charge is 2.10. The fourth-order valence-electron chi connectivity index (χ4n) is 1.28. The van der Waals surface area contributed by atoms with Crippen LogP contribution >= 0.6 is 0 Å². The van der Waals surface area contributed by atoms with Gasteiger partial charge in [-0.05, 0) is 25.0 Å². The summed E-state index contributed by atoms with van der Waals surface area (Å²) in [5.41, 5.74) is 8.14. The van der Waals surface area contributed by atoms with Gasteiger partial charge in [-0.3, -0.25) is 4.98 Å². The molecule has 0 aliphatic carbocycles. The van der Waals surface area contributed by atoms with Crippen molar-refractivity contribution in [2.75, 3.05) is 5.73 Å². The van der Waals surface area contributed by atoms with E-state index in [9.17, 15) is 0 Å². The SMILES string of the molecule is Cc1cnc(-c2noc(N)n2)c(C)c1. The van der Waals surface area contributed by atoms with Gasteiger partial charge in [0.1, 0.15) is 5.69 Å². The van der Waals surface area contributed by atoms with Crippen molar-refractivity contribution in [3.05, 3.63) is 23.4 Å². The average Bonchev–Trinajstić information content (AvgIpc) is 2.51. The molecule has 0 unspecified atom stereocenters. The molecular weight excluding hydrogens is 180 g/mol. The third kappa shape index (κ3) is 1.44. The number of hydrogen-bond donors (Lipinski definition) is 1. The lowest BCUT2D eigenvalue weighted by Crippen LogP contribution is -1.91. The van der Waals surface area contributed by atoms with Gasteiger partial charge in [0.2, 0.25) is 5.82 Å². The second kappa shape index (κ2) is 3.10. The van der Waals surface area contributed by atoms with Crippen molar-refractivity contribution >= 4 is 6.01 Å². The van der Waals surface area contributed by atoms with Gasteiger partial charge in [-0.15, -0.1) is 0 Å². The molecule has 2 rings (SSSR count). The molecule has 14 heavy (non-hydrogen) atoms. The third-order valence-electron chi connectivity index (χ3n) is 1.87. The van der Waals surface area contributed by atoms with Crippen molar-refractivity contribution in [2.45, 2.75) is 13.8 Å². The molecule has 0 aliphatic rings. The zero-order valence-electron chi connectivity index (χ0n) is 7.98. The zero-order valence-corrected chi connectivity index (χ0v) is 7.98. The van der Waals surface area contributed by atoms with Gasteiger partial charge in [0.05, 0.1) is 0 Å². The molecule has 0 aliphatic heterocycles. The van der Waals surface area contributed by atoms with Crippen molar-refractivity contribution in [3.63, 3.8) is 0 Å². The quantitative estimate of drug-likeness (QED) is 0.733. The van der Waals surface area contributed by atoms with Crippen LogP contribution in [-0.2, 0) is 0 Å². The number of anilines is 1. The lowest BCUT2D eigenvalue weighted by atomic mass is 10.1. The molecule has 0 atom stereocenters. The summed E-state index contributed by atoms with van der Waals surface area (Å²) in [6.45, 7) is 3.93. The van der Waals surface area contributed by atoms with Crippen LogP contribution in [0.25, 0.3) is 11.5 Å². The van der Waals surface area contributed by atoms with Crippen LogP contribution in [0.3, 0.4) is 0 Å². The Bertz CT molecular complexity index is 464. The van der Waals surface area contributed by atoms with Gasteiger partial charge in [0.25, 0.3) is 0 Å². The molecule has 2 heterocycles. The maximum atomic E-state index is 5.33. The van der Waals surface area contributed by atoms with E-state index in [4.69, 9.17) is 5.73 Å². The number of aryl methyl sites for hydroxylation is 2. The summed E-state index contributed by atoms with van der Waals surface area (Å²) in [6.07, 6.45) is 1.76. The Hall–Kier alpha value is -1.91. The van der Waals surface area contributed by atoms with Crippen LogP contribution in [0.5, 0.6) is 0 Å². The standard InChI is InChI=1S/C9H10N4O/c1-5-3-6(2)7(11-4-5)8-12-9(10)14-13-8/h3-4H,1-2H3,(H2,10,12,13). The molecule has 0 bridgehead atoms. The first-order chi connectivity index (χ1) is 6.66. The predicted molar refractivity (Wildman–Crippen MR) is 51.4 cm³/mol. The van der Waals surface area contributed by atoms with E-state index >= 15 is 0 Å². The third-order valence-corrected chi connectivity index (χ3v) is 1.87. The summed E-state index contributed by atoms with van der Waals surface area (Å²) < 4.78 is 4.68. The molecular formula is C9H10N4O. The van der Waals surface area contributed by atoms with Crippen LogP contribution in [-0.4, -0.2) is 15.1 Å². The van der Waals surface area contributed by atoms with Crippen LogP contribution < -0.4 is 5.73 Å². The van der Waals surface area contributed by atoms with Crippen molar-refractivity contribution in [1.29, 1.82) is 0 Å². The fourth-order valence-corrected chi connectivity index (χ4v) is 1.28. The van der Waals surface area contributed by atoms with E-state index in [1.54, 1.807) is 6.20 Å². The molecule has 0 spiro atoms. The highest BCUT2D eigenvalue weighted by molar-refractivity contribution is 5.54. The zero-order chi connectivity index (χ0) is 10.1. The predicted octanol–water partition coefficient (Wildman–Crippen LogP) is 1.33. The molecule has 0 amide bonds. The smallest absolute Gasteiger partial charge is 0.319 e. The molecule has 2 aromatic heterocycles. The minimum atomic E-state index is 0.0572. The summed E-state index contributed by atoms with van der Waals surface area (Å²) in [5, 5.41) is 3.70. The highest BCUT2D eigenvalue weighted by Crippen LogP contribution is 2.18. The van der Waals surface area contributed by atoms with Gasteiger partial charge >= 0.3 is 6.01 Å². The number of hydrogen-bond acceptors (Lipinski definition) is 5. The Morgan fingerprint density at radius 2 is 2.14 bits per heavy atom. The first-order valence-electron chi connectivity index (χ1n) is 4.19. The maximum absolute atomic E-state index is 5.33. The Balaban J connectivity index is 2.52. The summed E-state index contributed by atoms with van der Waals surface area (Å²) in [6, 6.07) is 2.07. The average molecular weight is 190 g/mol. The van der Waals surface area contributed by atoms with Gasteiger partial charge in [0.15, 0.2) is 0 Å². The summed E-state index contributed by atoms with van der Waals surface area (Å²) in [5.74, 6) is 0.431. The van der Waals surface area contributed by atoms with Crippen LogP contribution in [0.1, 0.15) is 11.1 Å². The largest absolute Gasteiger partial charge is 0.351 e. The maximum Gasteiger partial charge on any atom is 0.319 e. The van der Waals surface area contributed by atoms with Crippen LogP contribution in [0.15, 0.2) is 16.8 Å². The molecule has 5 heteroatoms. The molecule has 0 saturated carbocycles. The normalized spacial score (nSPS) is 10.4. The van der Waals surface area contributed by atoms with Gasteiger partial charge in [0, 0.05) is 6.20 Å².